The van der Waals surface area contributed by atoms with Gasteiger partial charge in [-0.3, -0.25) is 4.72 Å². The van der Waals surface area contributed by atoms with Gasteiger partial charge in [-0.25, -0.2) is 8.42 Å². The zero-order chi connectivity index (χ0) is 21.0. The van der Waals surface area contributed by atoms with Crippen molar-refractivity contribution in [3.05, 3.63) is 66.7 Å². The summed E-state index contributed by atoms with van der Waals surface area (Å²) in [5.41, 5.74) is 2.86. The number of hydrogen-bond acceptors (Lipinski definition) is 5. The van der Waals surface area contributed by atoms with Gasteiger partial charge in [0, 0.05) is 25.5 Å². The van der Waals surface area contributed by atoms with Gasteiger partial charge < -0.3 is 14.4 Å². The summed E-state index contributed by atoms with van der Waals surface area (Å²) in [6, 6.07) is 19.3. The summed E-state index contributed by atoms with van der Waals surface area (Å²) in [5.74, 6) is 1.21. The predicted molar refractivity (Wildman–Crippen MR) is 117 cm³/mol. The van der Waals surface area contributed by atoms with Crippen LogP contribution in [0.15, 0.2) is 71.6 Å². The molecule has 29 heavy (non-hydrogen) atoms. The minimum atomic E-state index is -3.76. The zero-order valence-electron chi connectivity index (χ0n) is 16.8. The molecule has 0 atom stereocenters. The molecule has 0 aliphatic rings. The first-order valence-electron chi connectivity index (χ1n) is 8.97. The molecule has 6 nitrogen and oxygen atoms in total. The third-order valence-corrected chi connectivity index (χ3v) is 5.88. The summed E-state index contributed by atoms with van der Waals surface area (Å²) in [6.07, 6.45) is 0. The van der Waals surface area contributed by atoms with Gasteiger partial charge in [-0.2, -0.15) is 0 Å². The topological polar surface area (TPSA) is 67.9 Å². The SMILES string of the molecule is COc1cccc(OC)c1-c1cccc(S(=O)(=O)Nc2ccc(N(C)C)cc2)c1. The van der Waals surface area contributed by atoms with Crippen molar-refractivity contribution in [2.45, 2.75) is 4.90 Å². The molecule has 1 N–H and O–H groups in total. The van der Waals surface area contributed by atoms with E-state index in [0.29, 0.717) is 28.3 Å². The van der Waals surface area contributed by atoms with Gasteiger partial charge in [-0.15, -0.1) is 0 Å². The largest absolute Gasteiger partial charge is 0.496 e. The number of nitrogens with zero attached hydrogens (tertiary/aromatic N) is 1. The Hall–Kier alpha value is -3.19. The Kier molecular flexibility index (Phi) is 5.98. The van der Waals surface area contributed by atoms with Crippen molar-refractivity contribution in [1.29, 1.82) is 0 Å². The molecule has 0 fully saturated rings. The lowest BCUT2D eigenvalue weighted by Crippen LogP contribution is -2.13. The van der Waals surface area contributed by atoms with Crippen molar-refractivity contribution in [3.63, 3.8) is 0 Å². The van der Waals surface area contributed by atoms with Crippen molar-refractivity contribution >= 4 is 21.4 Å². The highest BCUT2D eigenvalue weighted by molar-refractivity contribution is 7.92. The number of benzene rings is 3. The van der Waals surface area contributed by atoms with E-state index in [0.717, 1.165) is 5.69 Å². The first kappa shape index (κ1) is 20.5. The fourth-order valence-electron chi connectivity index (χ4n) is 3.00. The summed E-state index contributed by atoms with van der Waals surface area (Å²) in [5, 5.41) is 0. The van der Waals surface area contributed by atoms with E-state index >= 15 is 0 Å². The van der Waals surface area contributed by atoms with Crippen LogP contribution in [0.2, 0.25) is 0 Å². The van der Waals surface area contributed by atoms with Gasteiger partial charge in [-0.1, -0.05) is 18.2 Å². The number of rotatable bonds is 7. The van der Waals surface area contributed by atoms with Crippen molar-refractivity contribution in [1.82, 2.24) is 0 Å². The minimum absolute atomic E-state index is 0.152. The molecule has 0 aliphatic carbocycles. The van der Waals surface area contributed by atoms with Gasteiger partial charge in [0.1, 0.15) is 11.5 Å². The van der Waals surface area contributed by atoms with Crippen LogP contribution in [0.5, 0.6) is 11.5 Å². The van der Waals surface area contributed by atoms with E-state index in [1.807, 2.05) is 55.4 Å². The second kappa shape index (κ2) is 8.45. The average Bonchev–Trinajstić information content (AvgIpc) is 2.73. The Bertz CT molecular complexity index is 1070. The zero-order valence-corrected chi connectivity index (χ0v) is 17.7. The fraction of sp³-hybridized carbons (Fsp3) is 0.182. The smallest absolute Gasteiger partial charge is 0.261 e. The maximum absolute atomic E-state index is 12.9. The number of ether oxygens (including phenoxy) is 2. The van der Waals surface area contributed by atoms with E-state index in [1.165, 1.54) is 0 Å². The molecule has 0 spiro atoms. The summed E-state index contributed by atoms with van der Waals surface area (Å²) >= 11 is 0. The molecule has 0 aromatic heterocycles. The molecule has 7 heteroatoms. The number of anilines is 2. The molecule has 0 saturated heterocycles. The Morgan fingerprint density at radius 2 is 1.41 bits per heavy atom. The van der Waals surface area contributed by atoms with Crippen molar-refractivity contribution in [3.8, 4) is 22.6 Å². The van der Waals surface area contributed by atoms with Crippen LogP contribution in [0.3, 0.4) is 0 Å². The molecule has 0 bridgehead atoms. The number of hydrogen-bond donors (Lipinski definition) is 1. The first-order valence-corrected chi connectivity index (χ1v) is 10.5. The molecule has 0 saturated carbocycles. The Morgan fingerprint density at radius 1 is 0.828 bits per heavy atom. The third kappa shape index (κ3) is 4.46. The van der Waals surface area contributed by atoms with Crippen LogP contribution in [-0.4, -0.2) is 36.7 Å². The summed E-state index contributed by atoms with van der Waals surface area (Å²) in [7, 11) is 3.23. The molecule has 152 valence electrons. The monoisotopic (exact) mass is 412 g/mol. The highest BCUT2D eigenvalue weighted by atomic mass is 32.2. The van der Waals surface area contributed by atoms with Crippen LogP contribution < -0.4 is 19.1 Å². The minimum Gasteiger partial charge on any atom is -0.496 e. The van der Waals surface area contributed by atoms with Gasteiger partial charge in [-0.05, 0) is 54.1 Å². The quantitative estimate of drug-likeness (QED) is 0.629. The molecule has 3 aromatic rings. The molecule has 0 heterocycles. The number of methoxy groups -OCH3 is 2. The maximum Gasteiger partial charge on any atom is 0.261 e. The van der Waals surface area contributed by atoms with Crippen LogP contribution in [0, 0.1) is 0 Å². The number of nitrogens with one attached hydrogen (secondary N) is 1. The molecule has 3 rings (SSSR count). The van der Waals surface area contributed by atoms with E-state index in [-0.39, 0.29) is 4.90 Å². The first-order chi connectivity index (χ1) is 13.9. The Labute approximate surface area is 171 Å². The van der Waals surface area contributed by atoms with E-state index in [2.05, 4.69) is 4.72 Å². The van der Waals surface area contributed by atoms with E-state index in [9.17, 15) is 8.42 Å². The normalized spacial score (nSPS) is 11.0. The van der Waals surface area contributed by atoms with Gasteiger partial charge >= 0.3 is 0 Å². The lowest BCUT2D eigenvalue weighted by atomic mass is 10.0. The van der Waals surface area contributed by atoms with Crippen molar-refractivity contribution in [2.75, 3.05) is 37.9 Å². The average molecular weight is 413 g/mol. The summed E-state index contributed by atoms with van der Waals surface area (Å²) in [6.45, 7) is 0. The number of sulfonamides is 1. The standard InChI is InChI=1S/C22H24N2O4S/c1-24(2)18-13-11-17(12-14-18)23-29(25,26)19-8-5-7-16(15-19)22-20(27-3)9-6-10-21(22)28-4/h5-15,23H,1-4H3. The molecular formula is C22H24N2O4S. The molecule has 0 unspecified atom stereocenters. The van der Waals surface area contributed by atoms with Crippen LogP contribution in [0.25, 0.3) is 11.1 Å². The molecule has 0 aliphatic heterocycles. The molecule has 0 amide bonds. The van der Waals surface area contributed by atoms with Crippen LogP contribution in [0.1, 0.15) is 0 Å². The highest BCUT2D eigenvalue weighted by Crippen LogP contribution is 2.39. The summed E-state index contributed by atoms with van der Waals surface area (Å²) < 4.78 is 39.4. The predicted octanol–water partition coefficient (Wildman–Crippen LogP) is 4.24. The third-order valence-electron chi connectivity index (χ3n) is 4.50. The van der Waals surface area contributed by atoms with Crippen LogP contribution >= 0.6 is 0 Å². The van der Waals surface area contributed by atoms with Gasteiger partial charge in [0.2, 0.25) is 0 Å². The maximum atomic E-state index is 12.9. The Morgan fingerprint density at radius 3 is 1.97 bits per heavy atom. The second-order valence-electron chi connectivity index (χ2n) is 6.61. The van der Waals surface area contributed by atoms with Crippen molar-refractivity contribution in [2.24, 2.45) is 0 Å². The second-order valence-corrected chi connectivity index (χ2v) is 8.29. The molecular weight excluding hydrogens is 388 g/mol. The van der Waals surface area contributed by atoms with E-state index in [4.69, 9.17) is 9.47 Å². The van der Waals surface area contributed by atoms with Gasteiger partial charge in [0.05, 0.1) is 24.7 Å². The van der Waals surface area contributed by atoms with Crippen LogP contribution in [-0.2, 0) is 10.0 Å². The summed E-state index contributed by atoms with van der Waals surface area (Å²) in [4.78, 5) is 2.10. The van der Waals surface area contributed by atoms with Crippen molar-refractivity contribution < 1.29 is 17.9 Å². The molecule has 3 aromatic carbocycles. The van der Waals surface area contributed by atoms with E-state index < -0.39 is 10.0 Å². The van der Waals surface area contributed by atoms with Crippen LogP contribution in [0.4, 0.5) is 11.4 Å². The highest BCUT2D eigenvalue weighted by Gasteiger charge is 2.18. The van der Waals surface area contributed by atoms with Gasteiger partial charge in [0.25, 0.3) is 10.0 Å². The Balaban J connectivity index is 1.97. The van der Waals surface area contributed by atoms with Gasteiger partial charge in [0.15, 0.2) is 0 Å². The molecule has 0 radical (unpaired) electrons. The fourth-order valence-corrected chi connectivity index (χ4v) is 4.10. The lowest BCUT2D eigenvalue weighted by molar-refractivity contribution is 0.397. The van der Waals surface area contributed by atoms with E-state index in [1.54, 1.807) is 44.6 Å². The lowest BCUT2D eigenvalue weighted by Gasteiger charge is -2.15.